The van der Waals surface area contributed by atoms with E-state index in [2.05, 4.69) is 9.97 Å². The highest BCUT2D eigenvalue weighted by Crippen LogP contribution is 2.46. The van der Waals surface area contributed by atoms with Crippen LogP contribution >= 0.6 is 12.3 Å². The summed E-state index contributed by atoms with van der Waals surface area (Å²) >= 11 is 0.296. The summed E-state index contributed by atoms with van der Waals surface area (Å²) in [5.41, 5.74) is -2.47. The molecule has 2 aromatic carbocycles. The number of hydrogen-bond acceptors (Lipinski definition) is 10. The van der Waals surface area contributed by atoms with Crippen molar-refractivity contribution < 1.29 is 32.2 Å². The summed E-state index contributed by atoms with van der Waals surface area (Å²) < 4.78 is 27.7. The Kier molecular flexibility index (Phi) is 9.35. The molecule has 3 aromatic rings. The summed E-state index contributed by atoms with van der Waals surface area (Å²) in [6.07, 6.45) is 0.788. The zero-order valence-corrected chi connectivity index (χ0v) is 22.2. The van der Waals surface area contributed by atoms with Crippen LogP contribution in [0.1, 0.15) is 45.0 Å². The minimum Gasteiger partial charge on any atom is -0.481 e. The summed E-state index contributed by atoms with van der Waals surface area (Å²) in [5, 5.41) is 0. The van der Waals surface area contributed by atoms with Gasteiger partial charge >= 0.3 is 11.9 Å². The largest absolute Gasteiger partial charge is 0.481 e. The third kappa shape index (κ3) is 6.14. The standard InChI is InChI=1S/C27H30N2O7S/c1-6-13-23(30)35-37-36-25(31)26(2,24-28-21(32-4)18-22(29-24)33-5)27(3,19-14-9-7-10-15-19)34-20-16-11-8-12-17-20/h7-12,14-18H,6,13H2,1-5H3. The Balaban J connectivity index is 2.19. The first-order chi connectivity index (χ1) is 17.8. The van der Waals surface area contributed by atoms with Crippen LogP contribution in [0.5, 0.6) is 17.5 Å². The van der Waals surface area contributed by atoms with Crippen molar-refractivity contribution in [1.29, 1.82) is 0 Å². The third-order valence-electron chi connectivity index (χ3n) is 5.99. The second-order valence-electron chi connectivity index (χ2n) is 8.36. The van der Waals surface area contributed by atoms with Gasteiger partial charge < -0.3 is 22.6 Å². The Hall–Kier alpha value is -3.79. The number of carbonyl (C=O) groups is 2. The fourth-order valence-electron chi connectivity index (χ4n) is 3.68. The van der Waals surface area contributed by atoms with Gasteiger partial charge in [0.1, 0.15) is 5.75 Å². The van der Waals surface area contributed by atoms with E-state index >= 15 is 0 Å². The molecule has 0 aliphatic rings. The molecule has 196 valence electrons. The van der Waals surface area contributed by atoms with E-state index in [1.165, 1.54) is 20.3 Å². The minimum absolute atomic E-state index is 0.0245. The van der Waals surface area contributed by atoms with E-state index < -0.39 is 23.0 Å². The lowest BCUT2D eigenvalue weighted by Crippen LogP contribution is -2.55. The number of hydrogen-bond donors (Lipinski definition) is 0. The Morgan fingerprint density at radius 1 is 0.865 bits per heavy atom. The number of para-hydroxylation sites is 1. The van der Waals surface area contributed by atoms with Crippen molar-refractivity contribution >= 4 is 24.3 Å². The molecule has 2 unspecified atom stereocenters. The Morgan fingerprint density at radius 2 is 1.43 bits per heavy atom. The molecular weight excluding hydrogens is 496 g/mol. The fraction of sp³-hybridized carbons (Fsp3) is 0.333. The van der Waals surface area contributed by atoms with Gasteiger partial charge in [0.25, 0.3) is 12.3 Å². The number of carbonyl (C=O) groups excluding carboxylic acids is 2. The summed E-state index contributed by atoms with van der Waals surface area (Å²) in [5.74, 6) is -0.427. The van der Waals surface area contributed by atoms with E-state index in [4.69, 9.17) is 22.6 Å². The second-order valence-corrected chi connectivity index (χ2v) is 8.83. The number of nitrogens with zero attached hydrogens (tertiary/aromatic N) is 2. The molecule has 0 radical (unpaired) electrons. The molecule has 10 heteroatoms. The molecule has 0 fully saturated rings. The minimum atomic E-state index is -1.70. The highest BCUT2D eigenvalue weighted by Gasteiger charge is 2.59. The van der Waals surface area contributed by atoms with E-state index in [1.54, 1.807) is 26.0 Å². The fourth-order valence-corrected chi connectivity index (χ4v) is 4.10. The Labute approximate surface area is 220 Å². The van der Waals surface area contributed by atoms with Crippen molar-refractivity contribution in [2.24, 2.45) is 0 Å². The lowest BCUT2D eigenvalue weighted by atomic mass is 9.69. The van der Waals surface area contributed by atoms with E-state index in [1.807, 2.05) is 55.5 Å². The van der Waals surface area contributed by atoms with Crippen molar-refractivity contribution in [3.8, 4) is 17.5 Å². The first-order valence-corrected chi connectivity index (χ1v) is 12.3. The first-order valence-electron chi connectivity index (χ1n) is 11.6. The smallest absolute Gasteiger partial charge is 0.338 e. The average molecular weight is 527 g/mol. The van der Waals surface area contributed by atoms with Crippen LogP contribution in [0, 0.1) is 0 Å². The molecule has 0 spiro atoms. The quantitative estimate of drug-likeness (QED) is 0.293. The highest BCUT2D eigenvalue weighted by atomic mass is 32.2. The molecule has 3 rings (SSSR count). The molecule has 2 atom stereocenters. The Morgan fingerprint density at radius 3 is 1.97 bits per heavy atom. The van der Waals surface area contributed by atoms with Crippen LogP contribution in [-0.4, -0.2) is 36.1 Å². The molecule has 0 saturated heterocycles. The van der Waals surface area contributed by atoms with Gasteiger partial charge in [-0.25, -0.2) is 4.79 Å². The molecule has 37 heavy (non-hydrogen) atoms. The van der Waals surface area contributed by atoms with Crippen LogP contribution in [-0.2, 0) is 29.0 Å². The second kappa shape index (κ2) is 12.4. The molecule has 9 nitrogen and oxygen atoms in total. The summed E-state index contributed by atoms with van der Waals surface area (Å²) in [7, 11) is 2.89. The van der Waals surface area contributed by atoms with E-state index in [-0.39, 0.29) is 24.0 Å². The van der Waals surface area contributed by atoms with Crippen molar-refractivity contribution in [3.05, 3.63) is 78.1 Å². The molecule has 1 heterocycles. The maximum atomic E-state index is 13.9. The van der Waals surface area contributed by atoms with E-state index in [9.17, 15) is 9.59 Å². The van der Waals surface area contributed by atoms with Gasteiger partial charge in [0, 0.05) is 6.42 Å². The number of aromatic nitrogens is 2. The molecule has 1 aromatic heterocycles. The van der Waals surface area contributed by atoms with Crippen molar-refractivity contribution in [2.45, 2.75) is 44.6 Å². The number of rotatable bonds is 12. The number of ether oxygens (including phenoxy) is 3. The van der Waals surface area contributed by atoms with Crippen LogP contribution in [0.25, 0.3) is 0 Å². The van der Waals surface area contributed by atoms with E-state index in [0.29, 0.717) is 30.1 Å². The van der Waals surface area contributed by atoms with Gasteiger partial charge in [-0.05, 0) is 38.0 Å². The van der Waals surface area contributed by atoms with Gasteiger partial charge in [0.2, 0.25) is 11.8 Å². The number of methoxy groups -OCH3 is 2. The highest BCUT2D eigenvalue weighted by molar-refractivity contribution is 7.90. The topological polar surface area (TPSA) is 106 Å². The maximum absolute atomic E-state index is 13.9. The van der Waals surface area contributed by atoms with Gasteiger partial charge in [-0.15, -0.1) is 0 Å². The molecule has 0 N–H and O–H groups in total. The molecule has 0 amide bonds. The van der Waals surface area contributed by atoms with Crippen LogP contribution in [0.2, 0.25) is 0 Å². The summed E-state index contributed by atoms with van der Waals surface area (Å²) in [6.45, 7) is 5.20. The molecule has 0 bridgehead atoms. The maximum Gasteiger partial charge on any atom is 0.338 e. The van der Waals surface area contributed by atoms with Gasteiger partial charge in [0.05, 0.1) is 20.3 Å². The Bertz CT molecular complexity index is 1170. The molecular formula is C27H30N2O7S. The monoisotopic (exact) mass is 526 g/mol. The molecule has 0 aliphatic heterocycles. The molecule has 0 aliphatic carbocycles. The first kappa shape index (κ1) is 27.8. The lowest BCUT2D eigenvalue weighted by molar-refractivity contribution is -0.150. The van der Waals surface area contributed by atoms with Crippen LogP contribution in [0.3, 0.4) is 0 Å². The normalized spacial score (nSPS) is 14.0. The predicted octanol–water partition coefficient (Wildman–Crippen LogP) is 5.20. The van der Waals surface area contributed by atoms with Crippen molar-refractivity contribution in [1.82, 2.24) is 9.97 Å². The average Bonchev–Trinajstić information content (AvgIpc) is 2.93. The van der Waals surface area contributed by atoms with Crippen molar-refractivity contribution in [3.63, 3.8) is 0 Å². The van der Waals surface area contributed by atoms with Gasteiger partial charge in [-0.2, -0.15) is 9.97 Å². The van der Waals surface area contributed by atoms with Crippen LogP contribution < -0.4 is 14.2 Å². The molecule has 0 saturated carbocycles. The van der Waals surface area contributed by atoms with Gasteiger partial charge in [-0.3, -0.25) is 4.79 Å². The van der Waals surface area contributed by atoms with Gasteiger partial charge in [0.15, 0.2) is 16.8 Å². The lowest BCUT2D eigenvalue weighted by Gasteiger charge is -2.43. The number of benzene rings is 2. The SMILES string of the molecule is CCCC(=O)OSOC(=O)C(C)(c1nc(OC)cc(OC)n1)C(C)(Oc1ccccc1)c1ccccc1. The zero-order valence-electron chi connectivity index (χ0n) is 21.4. The zero-order chi connectivity index (χ0) is 26.9. The summed E-state index contributed by atoms with van der Waals surface area (Å²) in [6, 6.07) is 19.8. The summed E-state index contributed by atoms with van der Waals surface area (Å²) in [4.78, 5) is 34.8. The predicted molar refractivity (Wildman–Crippen MR) is 138 cm³/mol. The van der Waals surface area contributed by atoms with Crippen LogP contribution in [0.15, 0.2) is 66.7 Å². The van der Waals surface area contributed by atoms with E-state index in [0.717, 1.165) is 0 Å². The van der Waals surface area contributed by atoms with Crippen LogP contribution in [0.4, 0.5) is 0 Å². The third-order valence-corrected chi connectivity index (χ3v) is 6.46. The van der Waals surface area contributed by atoms with Crippen molar-refractivity contribution in [2.75, 3.05) is 14.2 Å². The van der Waals surface area contributed by atoms with Gasteiger partial charge in [-0.1, -0.05) is 55.5 Å².